The molecule has 0 unspecified atom stereocenters. The molecule has 4 aromatic rings. The molecule has 1 saturated heterocycles. The largest absolute Gasteiger partial charge is 0.356 e. The van der Waals surface area contributed by atoms with Gasteiger partial charge >= 0.3 is 0 Å². The molecule has 1 aromatic heterocycles. The lowest BCUT2D eigenvalue weighted by atomic mass is 9.86. The Hall–Kier alpha value is -3.86. The Kier molecular flexibility index (Phi) is 4.80. The topological polar surface area (TPSA) is 56.4 Å². The Balaban J connectivity index is 1.44. The summed E-state index contributed by atoms with van der Waals surface area (Å²) in [7, 11) is 0. The molecule has 0 bridgehead atoms. The van der Waals surface area contributed by atoms with Crippen LogP contribution in [-0.4, -0.2) is 39.2 Å². The lowest BCUT2D eigenvalue weighted by molar-refractivity contribution is -0.159. The van der Waals surface area contributed by atoms with E-state index in [4.69, 9.17) is 0 Å². The van der Waals surface area contributed by atoms with E-state index in [2.05, 4.69) is 48.3 Å². The highest BCUT2D eigenvalue weighted by Gasteiger charge is 2.48. The zero-order valence-electron chi connectivity index (χ0n) is 19.4. The summed E-state index contributed by atoms with van der Waals surface area (Å²) in [6.45, 7) is 4.65. The summed E-state index contributed by atoms with van der Waals surface area (Å²) < 4.78 is 0. The lowest BCUT2D eigenvalue weighted by Gasteiger charge is -2.47. The van der Waals surface area contributed by atoms with E-state index < -0.39 is 6.04 Å². The summed E-state index contributed by atoms with van der Waals surface area (Å²) in [5, 5.41) is 1.13. The summed E-state index contributed by atoms with van der Waals surface area (Å²) in [5.74, 6) is 0.0137. The molecule has 0 radical (unpaired) electrons. The van der Waals surface area contributed by atoms with Gasteiger partial charge in [0.05, 0.1) is 6.04 Å². The Morgan fingerprint density at radius 1 is 0.882 bits per heavy atom. The summed E-state index contributed by atoms with van der Waals surface area (Å²) in [6, 6.07) is 23.8. The highest BCUT2D eigenvalue weighted by molar-refractivity contribution is 5.97. The number of para-hydroxylation sites is 1. The predicted molar refractivity (Wildman–Crippen MR) is 132 cm³/mol. The summed E-state index contributed by atoms with van der Waals surface area (Å²) in [6.07, 6.45) is 0.524. The first kappa shape index (κ1) is 20.7. The molecule has 2 aliphatic rings. The number of nitrogens with one attached hydrogen (secondary N) is 1. The Morgan fingerprint density at radius 2 is 1.56 bits per heavy atom. The summed E-state index contributed by atoms with van der Waals surface area (Å²) in [5.41, 5.74) is 7.61. The van der Waals surface area contributed by atoms with Crippen LogP contribution in [-0.2, 0) is 22.6 Å². The first-order valence-corrected chi connectivity index (χ1v) is 11.8. The first-order chi connectivity index (χ1) is 16.5. The molecule has 6 rings (SSSR count). The maximum Gasteiger partial charge on any atom is 0.246 e. The number of aromatic nitrogens is 1. The fraction of sp³-hybridized carbons (Fsp3) is 0.241. The van der Waals surface area contributed by atoms with Gasteiger partial charge in [-0.1, -0.05) is 77.9 Å². The van der Waals surface area contributed by atoms with Crippen molar-refractivity contribution in [2.24, 2.45) is 0 Å². The predicted octanol–water partition coefficient (Wildman–Crippen LogP) is 4.67. The van der Waals surface area contributed by atoms with Gasteiger partial charge in [0, 0.05) is 29.6 Å². The molecule has 5 nitrogen and oxygen atoms in total. The molecule has 0 saturated carbocycles. The van der Waals surface area contributed by atoms with Crippen LogP contribution in [0.2, 0.25) is 0 Å². The van der Waals surface area contributed by atoms with Gasteiger partial charge in [0.15, 0.2) is 0 Å². The quantitative estimate of drug-likeness (QED) is 0.494. The second-order valence-electron chi connectivity index (χ2n) is 9.58. The number of fused-ring (bicyclic) bond motifs is 4. The molecule has 3 heterocycles. The van der Waals surface area contributed by atoms with Crippen molar-refractivity contribution in [3.8, 4) is 0 Å². The molecule has 2 amide bonds. The van der Waals surface area contributed by atoms with E-state index in [1.54, 1.807) is 4.90 Å². The molecular formula is C29H27N3O2. The van der Waals surface area contributed by atoms with Gasteiger partial charge in [-0.2, -0.15) is 0 Å². The molecule has 2 aliphatic heterocycles. The highest BCUT2D eigenvalue weighted by Crippen LogP contribution is 2.42. The smallest absolute Gasteiger partial charge is 0.246 e. The van der Waals surface area contributed by atoms with Gasteiger partial charge in [-0.25, -0.2) is 0 Å². The molecule has 170 valence electrons. The maximum atomic E-state index is 13.8. The number of aromatic amines is 1. The number of benzene rings is 3. The number of hydrogen-bond acceptors (Lipinski definition) is 2. The van der Waals surface area contributed by atoms with E-state index in [1.807, 2.05) is 48.2 Å². The van der Waals surface area contributed by atoms with E-state index in [9.17, 15) is 9.59 Å². The van der Waals surface area contributed by atoms with Crippen molar-refractivity contribution in [1.29, 1.82) is 0 Å². The third-order valence-corrected chi connectivity index (χ3v) is 7.23. The first-order valence-electron chi connectivity index (χ1n) is 11.8. The SMILES string of the molecule is Cc1ccc(CN2CC(=O)N3[C@@H](c4ccc(C)cc4)c4[nH]c5ccccc5c4C[C@H]3C2=O)cc1. The standard InChI is InChI=1S/C29H27N3O2/c1-18-7-11-20(12-8-18)16-31-17-26(33)32-25(29(31)34)15-23-22-5-3-4-6-24(22)30-27(23)28(32)21-13-9-19(2)10-14-21/h3-14,25,28,30H,15-17H2,1-2H3/t25-,28-/m0/s1. The van der Waals surface area contributed by atoms with Crippen LogP contribution in [0.1, 0.15) is 39.6 Å². The van der Waals surface area contributed by atoms with Crippen molar-refractivity contribution < 1.29 is 9.59 Å². The van der Waals surface area contributed by atoms with Gasteiger partial charge in [0.25, 0.3) is 0 Å². The summed E-state index contributed by atoms with van der Waals surface area (Å²) >= 11 is 0. The highest BCUT2D eigenvalue weighted by atomic mass is 16.2. The third kappa shape index (κ3) is 3.31. The Labute approximate surface area is 199 Å². The average molecular weight is 450 g/mol. The summed E-state index contributed by atoms with van der Waals surface area (Å²) in [4.78, 5) is 34.6. The third-order valence-electron chi connectivity index (χ3n) is 7.23. The van der Waals surface area contributed by atoms with E-state index in [-0.39, 0.29) is 24.4 Å². The second kappa shape index (κ2) is 7.87. The molecule has 0 aliphatic carbocycles. The van der Waals surface area contributed by atoms with E-state index in [1.165, 1.54) is 11.1 Å². The number of piperazine rings is 1. The number of nitrogens with zero attached hydrogens (tertiary/aromatic N) is 2. The number of carbonyl (C=O) groups excluding carboxylic acids is 2. The minimum atomic E-state index is -0.510. The molecule has 0 spiro atoms. The van der Waals surface area contributed by atoms with E-state index >= 15 is 0 Å². The number of aryl methyl sites for hydroxylation is 2. The van der Waals surface area contributed by atoms with Crippen molar-refractivity contribution in [1.82, 2.24) is 14.8 Å². The van der Waals surface area contributed by atoms with Gasteiger partial charge in [-0.3, -0.25) is 9.59 Å². The zero-order valence-corrected chi connectivity index (χ0v) is 19.4. The van der Waals surface area contributed by atoms with Crippen molar-refractivity contribution in [3.63, 3.8) is 0 Å². The molecule has 2 atom stereocenters. The number of carbonyl (C=O) groups is 2. The van der Waals surface area contributed by atoms with E-state index in [0.717, 1.165) is 33.3 Å². The number of amides is 2. The van der Waals surface area contributed by atoms with Gasteiger partial charge < -0.3 is 14.8 Å². The van der Waals surface area contributed by atoms with Gasteiger partial charge in [-0.05, 0) is 36.6 Å². The van der Waals surface area contributed by atoms with Crippen LogP contribution in [0.5, 0.6) is 0 Å². The van der Waals surface area contributed by atoms with Crippen LogP contribution in [0.25, 0.3) is 10.9 Å². The van der Waals surface area contributed by atoms with Crippen LogP contribution in [0.4, 0.5) is 0 Å². The van der Waals surface area contributed by atoms with Crippen LogP contribution in [0.15, 0.2) is 72.8 Å². The van der Waals surface area contributed by atoms with Crippen molar-refractivity contribution >= 4 is 22.7 Å². The fourth-order valence-electron chi connectivity index (χ4n) is 5.47. The Bertz CT molecular complexity index is 1400. The fourth-order valence-corrected chi connectivity index (χ4v) is 5.47. The van der Waals surface area contributed by atoms with Crippen LogP contribution >= 0.6 is 0 Å². The second-order valence-corrected chi connectivity index (χ2v) is 9.58. The van der Waals surface area contributed by atoms with Crippen molar-refractivity contribution in [3.05, 3.63) is 106 Å². The van der Waals surface area contributed by atoms with Crippen LogP contribution < -0.4 is 0 Å². The van der Waals surface area contributed by atoms with Gasteiger partial charge in [-0.15, -0.1) is 0 Å². The number of hydrogen-bond donors (Lipinski definition) is 1. The van der Waals surface area contributed by atoms with Gasteiger partial charge in [0.1, 0.15) is 12.6 Å². The number of H-pyrrole nitrogens is 1. The van der Waals surface area contributed by atoms with Crippen molar-refractivity contribution in [2.45, 2.75) is 38.9 Å². The lowest BCUT2D eigenvalue weighted by Crippen LogP contribution is -2.62. The Morgan fingerprint density at radius 3 is 2.29 bits per heavy atom. The molecule has 3 aromatic carbocycles. The zero-order chi connectivity index (χ0) is 23.4. The van der Waals surface area contributed by atoms with Crippen LogP contribution in [0, 0.1) is 13.8 Å². The van der Waals surface area contributed by atoms with E-state index in [0.29, 0.717) is 13.0 Å². The molecule has 34 heavy (non-hydrogen) atoms. The molecule has 1 N–H and O–H groups in total. The number of rotatable bonds is 3. The minimum absolute atomic E-state index is 0.00778. The van der Waals surface area contributed by atoms with Crippen molar-refractivity contribution in [2.75, 3.05) is 6.54 Å². The molecular weight excluding hydrogens is 422 g/mol. The molecule has 1 fully saturated rings. The maximum absolute atomic E-state index is 13.8. The monoisotopic (exact) mass is 449 g/mol. The molecule has 5 heteroatoms. The van der Waals surface area contributed by atoms with Crippen LogP contribution in [0.3, 0.4) is 0 Å². The average Bonchev–Trinajstić information content (AvgIpc) is 3.21. The minimum Gasteiger partial charge on any atom is -0.356 e. The normalized spacial score (nSPS) is 19.9. The van der Waals surface area contributed by atoms with Gasteiger partial charge in [0.2, 0.25) is 11.8 Å².